The van der Waals surface area contributed by atoms with E-state index in [9.17, 15) is 9.59 Å². The van der Waals surface area contributed by atoms with Crippen molar-refractivity contribution in [2.24, 2.45) is 11.8 Å². The highest BCUT2D eigenvalue weighted by molar-refractivity contribution is 8.03. The van der Waals surface area contributed by atoms with E-state index in [2.05, 4.69) is 27.9 Å². The molecule has 3 atom stereocenters. The van der Waals surface area contributed by atoms with Gasteiger partial charge in [0.1, 0.15) is 11.5 Å². The van der Waals surface area contributed by atoms with Gasteiger partial charge in [-0.2, -0.15) is 0 Å². The molecule has 3 fully saturated rings. The van der Waals surface area contributed by atoms with E-state index in [4.69, 9.17) is 4.74 Å². The number of aryl methyl sites for hydroxylation is 1. The molecule has 4 aliphatic rings. The summed E-state index contributed by atoms with van der Waals surface area (Å²) in [7, 11) is 2.09. The predicted octanol–water partition coefficient (Wildman–Crippen LogP) is 4.00. The minimum absolute atomic E-state index is 0.0137. The van der Waals surface area contributed by atoms with E-state index in [-0.39, 0.29) is 35.2 Å². The van der Waals surface area contributed by atoms with Crippen LogP contribution in [0.2, 0.25) is 0 Å². The van der Waals surface area contributed by atoms with Gasteiger partial charge in [-0.15, -0.1) is 0 Å². The lowest BCUT2D eigenvalue weighted by atomic mass is 9.86. The third-order valence-corrected chi connectivity index (χ3v) is 9.15. The number of hydrogen-bond acceptors (Lipinski definition) is 6. The molecular weight excluding hydrogens is 486 g/mol. The summed E-state index contributed by atoms with van der Waals surface area (Å²) in [6.45, 7) is 4.71. The Labute approximate surface area is 221 Å². The fourth-order valence-electron chi connectivity index (χ4n) is 5.89. The zero-order valence-electron chi connectivity index (χ0n) is 21.2. The number of likely N-dealkylation sites (tertiary alicyclic amines) is 1. The van der Waals surface area contributed by atoms with E-state index in [0.717, 1.165) is 72.4 Å². The molecule has 2 aromatic rings. The third kappa shape index (κ3) is 4.71. The smallest absolute Gasteiger partial charge is 0.326 e. The number of carbonyl (C=O) groups is 2. The summed E-state index contributed by atoms with van der Waals surface area (Å²) < 4.78 is 6.00. The molecule has 4 aliphatic heterocycles. The zero-order valence-corrected chi connectivity index (χ0v) is 22.0. The van der Waals surface area contributed by atoms with Crippen LogP contribution >= 0.6 is 11.8 Å². The number of carbonyl (C=O) groups excluding carboxylic acids is 2. The van der Waals surface area contributed by atoms with E-state index >= 15 is 0 Å². The molecule has 3 amide bonds. The van der Waals surface area contributed by atoms with Crippen molar-refractivity contribution in [3.8, 4) is 11.5 Å². The summed E-state index contributed by atoms with van der Waals surface area (Å²) in [5.74, 6) is 1.69. The highest BCUT2D eigenvalue weighted by Crippen LogP contribution is 2.47. The second kappa shape index (κ2) is 10.0. The van der Waals surface area contributed by atoms with Gasteiger partial charge in [-0.05, 0) is 88.8 Å². The minimum atomic E-state index is -0.148. The molecule has 2 aromatic carbocycles. The molecular formula is C28H33N5O3S. The van der Waals surface area contributed by atoms with Gasteiger partial charge in [0.15, 0.2) is 0 Å². The Morgan fingerprint density at radius 2 is 1.86 bits per heavy atom. The van der Waals surface area contributed by atoms with Crippen molar-refractivity contribution < 1.29 is 14.3 Å². The number of nitrogens with one attached hydrogen (secondary N) is 3. The van der Waals surface area contributed by atoms with Crippen molar-refractivity contribution in [3.05, 3.63) is 64.8 Å². The van der Waals surface area contributed by atoms with Crippen molar-refractivity contribution in [2.75, 3.05) is 31.6 Å². The SMILES string of the molecule is Cc1cc(Oc2ccccc2)ccc1N1C(=O)NC2=C(NC(=O)C3CCN(C)CC3)SC3NCCC1C23. The number of piperidine rings is 2. The Morgan fingerprint density at radius 1 is 1.08 bits per heavy atom. The number of rotatable bonds is 5. The first-order chi connectivity index (χ1) is 18.0. The van der Waals surface area contributed by atoms with Crippen LogP contribution in [0.3, 0.4) is 0 Å². The van der Waals surface area contributed by atoms with Gasteiger partial charge < -0.3 is 25.6 Å². The van der Waals surface area contributed by atoms with Crippen LogP contribution in [0, 0.1) is 18.8 Å². The lowest BCUT2D eigenvalue weighted by Gasteiger charge is -2.46. The maximum Gasteiger partial charge on any atom is 0.326 e. The number of amides is 3. The molecule has 0 saturated carbocycles. The summed E-state index contributed by atoms with van der Waals surface area (Å²) in [4.78, 5) is 30.8. The lowest BCUT2D eigenvalue weighted by Crippen LogP contribution is -2.62. The maximum atomic E-state index is 13.5. The molecule has 3 unspecified atom stereocenters. The largest absolute Gasteiger partial charge is 0.457 e. The second-order valence-electron chi connectivity index (χ2n) is 10.3. The first-order valence-electron chi connectivity index (χ1n) is 13.1. The van der Waals surface area contributed by atoms with Gasteiger partial charge >= 0.3 is 6.03 Å². The van der Waals surface area contributed by atoms with Crippen molar-refractivity contribution >= 4 is 29.4 Å². The van der Waals surface area contributed by atoms with E-state index in [1.165, 1.54) is 0 Å². The van der Waals surface area contributed by atoms with Crippen LogP contribution in [-0.4, -0.2) is 54.9 Å². The molecule has 0 radical (unpaired) electrons. The predicted molar refractivity (Wildman–Crippen MR) is 145 cm³/mol. The lowest BCUT2D eigenvalue weighted by molar-refractivity contribution is -0.125. The molecule has 194 valence electrons. The molecule has 0 spiro atoms. The molecule has 8 nitrogen and oxygen atoms in total. The molecule has 0 bridgehead atoms. The number of para-hydroxylation sites is 1. The number of thioether (sulfide) groups is 1. The molecule has 3 N–H and O–H groups in total. The van der Waals surface area contributed by atoms with Crippen molar-refractivity contribution in [2.45, 2.75) is 37.6 Å². The Bertz CT molecular complexity index is 1230. The van der Waals surface area contributed by atoms with Gasteiger partial charge in [-0.3, -0.25) is 9.69 Å². The molecule has 0 aliphatic carbocycles. The van der Waals surface area contributed by atoms with Gasteiger partial charge in [-0.1, -0.05) is 30.0 Å². The average Bonchev–Trinajstić information content (AvgIpc) is 3.24. The van der Waals surface area contributed by atoms with Crippen LogP contribution in [-0.2, 0) is 4.79 Å². The van der Waals surface area contributed by atoms with E-state index in [0.29, 0.717) is 0 Å². The average molecular weight is 520 g/mol. The van der Waals surface area contributed by atoms with E-state index < -0.39 is 0 Å². The number of anilines is 1. The first kappa shape index (κ1) is 24.3. The number of urea groups is 1. The number of nitrogens with zero attached hydrogens (tertiary/aromatic N) is 2. The van der Waals surface area contributed by atoms with Crippen LogP contribution in [0.15, 0.2) is 59.3 Å². The third-order valence-electron chi connectivity index (χ3n) is 7.87. The highest BCUT2D eigenvalue weighted by atomic mass is 32.2. The quantitative estimate of drug-likeness (QED) is 0.554. The molecule has 9 heteroatoms. The molecule has 37 heavy (non-hydrogen) atoms. The molecule has 4 heterocycles. The highest BCUT2D eigenvalue weighted by Gasteiger charge is 2.51. The number of hydrogen-bond donors (Lipinski definition) is 3. The van der Waals surface area contributed by atoms with Gasteiger partial charge in [0, 0.05) is 17.5 Å². The molecule has 0 aromatic heterocycles. The number of benzene rings is 2. The molecule has 3 saturated heterocycles. The van der Waals surface area contributed by atoms with Gasteiger partial charge in [0.25, 0.3) is 0 Å². The topological polar surface area (TPSA) is 85.9 Å². The molecule has 6 rings (SSSR count). The van der Waals surface area contributed by atoms with Crippen LogP contribution in [0.4, 0.5) is 10.5 Å². The van der Waals surface area contributed by atoms with Crippen molar-refractivity contribution in [1.82, 2.24) is 20.9 Å². The fourth-order valence-corrected chi connectivity index (χ4v) is 7.29. The van der Waals surface area contributed by atoms with Gasteiger partial charge in [-0.25, -0.2) is 4.79 Å². The minimum Gasteiger partial charge on any atom is -0.457 e. The fraction of sp³-hybridized carbons (Fsp3) is 0.429. The summed E-state index contributed by atoms with van der Waals surface area (Å²) in [5, 5.41) is 10.9. The van der Waals surface area contributed by atoms with Crippen LogP contribution in [0.5, 0.6) is 11.5 Å². The van der Waals surface area contributed by atoms with Crippen molar-refractivity contribution in [3.63, 3.8) is 0 Å². The zero-order chi connectivity index (χ0) is 25.5. The first-order valence-corrected chi connectivity index (χ1v) is 13.9. The van der Waals surface area contributed by atoms with E-state index in [1.807, 2.05) is 60.4 Å². The van der Waals surface area contributed by atoms with Gasteiger partial charge in [0.05, 0.1) is 22.1 Å². The van der Waals surface area contributed by atoms with Crippen LogP contribution in [0.25, 0.3) is 0 Å². The maximum absolute atomic E-state index is 13.5. The Kier molecular flexibility index (Phi) is 6.60. The standard InChI is InChI=1S/C28H33N5O3S/c1-17-16-20(36-19-6-4-3-5-7-19)8-9-21(17)33-22-10-13-29-26-23(22)24(30-28(33)35)27(37-26)31-25(34)18-11-14-32(2)15-12-18/h3-9,16,18,22-23,26,29H,10-15H2,1-2H3,(H,30,35)(H,31,34). The van der Waals surface area contributed by atoms with Crippen molar-refractivity contribution in [1.29, 1.82) is 0 Å². The van der Waals surface area contributed by atoms with Gasteiger partial charge in [0.2, 0.25) is 5.91 Å². The Balaban J connectivity index is 1.23. The normalized spacial score (nSPS) is 26.1. The summed E-state index contributed by atoms with van der Waals surface area (Å²) >= 11 is 1.64. The monoisotopic (exact) mass is 519 g/mol. The van der Waals surface area contributed by atoms with Crippen LogP contribution in [0.1, 0.15) is 24.8 Å². The number of ether oxygens (including phenoxy) is 1. The van der Waals surface area contributed by atoms with E-state index in [1.54, 1.807) is 11.8 Å². The van der Waals surface area contributed by atoms with Crippen LogP contribution < -0.4 is 25.6 Å². The Hall–Kier alpha value is -3.01. The second-order valence-corrected chi connectivity index (χ2v) is 11.5. The summed E-state index contributed by atoms with van der Waals surface area (Å²) in [6, 6.07) is 15.4. The Morgan fingerprint density at radius 3 is 2.62 bits per heavy atom. The summed E-state index contributed by atoms with van der Waals surface area (Å²) in [6.07, 6.45) is 2.58. The summed E-state index contributed by atoms with van der Waals surface area (Å²) in [5.41, 5.74) is 2.72.